The molecule has 1 aliphatic carbocycles. The summed E-state index contributed by atoms with van der Waals surface area (Å²) in [5.41, 5.74) is 0. The van der Waals surface area contributed by atoms with Crippen molar-refractivity contribution < 1.29 is 4.79 Å². The Kier molecular flexibility index (Phi) is 6.52. The van der Waals surface area contributed by atoms with Crippen LogP contribution in [-0.4, -0.2) is 50.6 Å². The summed E-state index contributed by atoms with van der Waals surface area (Å²) in [7, 11) is 4.04. The van der Waals surface area contributed by atoms with E-state index in [0.717, 1.165) is 25.7 Å². The van der Waals surface area contributed by atoms with E-state index in [2.05, 4.69) is 22.6 Å². The Balaban J connectivity index is 2.11. The van der Waals surface area contributed by atoms with E-state index in [1.807, 2.05) is 14.0 Å². The number of likely N-dealkylation sites (N-methyl/N-ethyl adjacent to an activating group) is 1. The van der Waals surface area contributed by atoms with E-state index in [4.69, 9.17) is 0 Å². The topological polar surface area (TPSA) is 44.4 Å². The molecule has 1 fully saturated rings. The van der Waals surface area contributed by atoms with Crippen molar-refractivity contribution in [3.05, 3.63) is 0 Å². The Labute approximate surface area is 105 Å². The van der Waals surface area contributed by atoms with Gasteiger partial charge in [0.15, 0.2) is 0 Å². The number of nitrogens with one attached hydrogen (secondary N) is 2. The summed E-state index contributed by atoms with van der Waals surface area (Å²) in [4.78, 5) is 14.1. The molecule has 0 aromatic carbocycles. The van der Waals surface area contributed by atoms with Crippen LogP contribution in [0, 0.1) is 5.92 Å². The molecule has 0 heterocycles. The number of carbonyl (C=O) groups is 1. The molecule has 0 aliphatic heterocycles. The van der Waals surface area contributed by atoms with Gasteiger partial charge in [-0.1, -0.05) is 19.8 Å². The first-order valence-electron chi connectivity index (χ1n) is 6.77. The Morgan fingerprint density at radius 3 is 2.65 bits per heavy atom. The van der Waals surface area contributed by atoms with Crippen LogP contribution in [0.4, 0.5) is 0 Å². The maximum Gasteiger partial charge on any atom is 0.224 e. The zero-order chi connectivity index (χ0) is 12.7. The van der Waals surface area contributed by atoms with E-state index < -0.39 is 0 Å². The van der Waals surface area contributed by atoms with E-state index in [0.29, 0.717) is 0 Å². The van der Waals surface area contributed by atoms with Crippen LogP contribution < -0.4 is 10.6 Å². The second-order valence-corrected chi connectivity index (χ2v) is 5.17. The van der Waals surface area contributed by atoms with Crippen molar-refractivity contribution >= 4 is 5.91 Å². The third-order valence-corrected chi connectivity index (χ3v) is 3.67. The molecule has 4 heteroatoms. The molecule has 2 N–H and O–H groups in total. The van der Waals surface area contributed by atoms with Crippen molar-refractivity contribution in [3.8, 4) is 0 Å². The molecule has 1 amide bonds. The van der Waals surface area contributed by atoms with Crippen LogP contribution in [0.1, 0.15) is 32.6 Å². The lowest BCUT2D eigenvalue weighted by atomic mass is 10.1. The van der Waals surface area contributed by atoms with E-state index in [1.54, 1.807) is 0 Å². The van der Waals surface area contributed by atoms with E-state index in [1.165, 1.54) is 25.7 Å². The van der Waals surface area contributed by atoms with Crippen molar-refractivity contribution in [3.63, 3.8) is 0 Å². The van der Waals surface area contributed by atoms with Gasteiger partial charge in [0, 0.05) is 31.6 Å². The number of rotatable bonds is 7. The summed E-state index contributed by atoms with van der Waals surface area (Å²) in [6.45, 7) is 4.42. The molecule has 0 saturated heterocycles. The molecule has 0 radical (unpaired) electrons. The number of amides is 1. The average molecular weight is 241 g/mol. The third kappa shape index (κ3) is 5.04. The smallest absolute Gasteiger partial charge is 0.224 e. The van der Waals surface area contributed by atoms with Gasteiger partial charge in [0.05, 0.1) is 0 Å². The highest BCUT2D eigenvalue weighted by Gasteiger charge is 2.19. The summed E-state index contributed by atoms with van der Waals surface area (Å²) in [6, 6.07) is 0.738. The first kappa shape index (κ1) is 14.5. The standard InChI is InChI=1S/C13H27N3O/c1-11(10-14-2)13(17)15-8-9-16(3)12-6-4-5-7-12/h11-12,14H,4-10H2,1-3H3,(H,15,17). The van der Waals surface area contributed by atoms with Gasteiger partial charge < -0.3 is 15.5 Å². The van der Waals surface area contributed by atoms with E-state index in [-0.39, 0.29) is 11.8 Å². The van der Waals surface area contributed by atoms with Gasteiger partial charge in [-0.15, -0.1) is 0 Å². The monoisotopic (exact) mass is 241 g/mol. The van der Waals surface area contributed by atoms with Crippen LogP contribution in [0.3, 0.4) is 0 Å². The van der Waals surface area contributed by atoms with Crippen LogP contribution in [0.15, 0.2) is 0 Å². The second-order valence-electron chi connectivity index (χ2n) is 5.17. The second kappa shape index (κ2) is 7.67. The predicted molar refractivity (Wildman–Crippen MR) is 71.0 cm³/mol. The molecular formula is C13H27N3O. The Bertz CT molecular complexity index is 227. The Morgan fingerprint density at radius 2 is 2.06 bits per heavy atom. The minimum atomic E-state index is 0.0526. The molecule has 0 aromatic heterocycles. The highest BCUT2D eigenvalue weighted by molar-refractivity contribution is 5.78. The summed E-state index contributed by atoms with van der Waals surface area (Å²) >= 11 is 0. The van der Waals surface area contributed by atoms with Crippen LogP contribution in [-0.2, 0) is 4.79 Å². The quantitative estimate of drug-likeness (QED) is 0.694. The van der Waals surface area contributed by atoms with Gasteiger partial charge in [0.1, 0.15) is 0 Å². The maximum atomic E-state index is 11.7. The third-order valence-electron chi connectivity index (χ3n) is 3.67. The molecule has 4 nitrogen and oxygen atoms in total. The van der Waals surface area contributed by atoms with Gasteiger partial charge in [-0.3, -0.25) is 4.79 Å². The molecule has 0 spiro atoms. The summed E-state index contributed by atoms with van der Waals surface area (Å²) in [5, 5.41) is 6.02. The maximum absolute atomic E-state index is 11.7. The number of hydrogen-bond donors (Lipinski definition) is 2. The van der Waals surface area contributed by atoms with E-state index >= 15 is 0 Å². The lowest BCUT2D eigenvalue weighted by molar-refractivity contribution is -0.124. The van der Waals surface area contributed by atoms with Crippen molar-refractivity contribution in [2.75, 3.05) is 33.7 Å². The van der Waals surface area contributed by atoms with E-state index in [9.17, 15) is 4.79 Å². The van der Waals surface area contributed by atoms with Gasteiger partial charge >= 0.3 is 0 Å². The van der Waals surface area contributed by atoms with Crippen molar-refractivity contribution in [1.82, 2.24) is 15.5 Å². The van der Waals surface area contributed by atoms with Crippen LogP contribution in [0.5, 0.6) is 0 Å². The molecule has 0 bridgehead atoms. The molecule has 17 heavy (non-hydrogen) atoms. The molecule has 100 valence electrons. The van der Waals surface area contributed by atoms with Gasteiger partial charge in [-0.25, -0.2) is 0 Å². The Hall–Kier alpha value is -0.610. The molecule has 1 aliphatic rings. The van der Waals surface area contributed by atoms with Gasteiger partial charge in [0.25, 0.3) is 0 Å². The van der Waals surface area contributed by atoms with Crippen molar-refractivity contribution in [2.24, 2.45) is 5.92 Å². The summed E-state index contributed by atoms with van der Waals surface area (Å²) < 4.78 is 0. The average Bonchev–Trinajstić information content (AvgIpc) is 2.82. The summed E-state index contributed by atoms with van der Waals surface area (Å²) in [6.07, 6.45) is 5.36. The zero-order valence-electron chi connectivity index (χ0n) is 11.5. The van der Waals surface area contributed by atoms with Gasteiger partial charge in [0.2, 0.25) is 5.91 Å². The number of nitrogens with zero attached hydrogens (tertiary/aromatic N) is 1. The molecule has 1 saturated carbocycles. The normalized spacial score (nSPS) is 18.6. The van der Waals surface area contributed by atoms with Gasteiger partial charge in [-0.2, -0.15) is 0 Å². The van der Waals surface area contributed by atoms with Crippen molar-refractivity contribution in [2.45, 2.75) is 38.6 Å². The summed E-state index contributed by atoms with van der Waals surface area (Å²) in [5.74, 6) is 0.205. The first-order valence-corrected chi connectivity index (χ1v) is 6.77. The van der Waals surface area contributed by atoms with Gasteiger partial charge in [-0.05, 0) is 26.9 Å². The molecule has 1 atom stereocenters. The molecule has 0 aromatic rings. The zero-order valence-corrected chi connectivity index (χ0v) is 11.5. The predicted octanol–water partition coefficient (Wildman–Crippen LogP) is 0.833. The SMILES string of the molecule is CNCC(C)C(=O)NCCN(C)C1CCCC1. The fourth-order valence-corrected chi connectivity index (χ4v) is 2.46. The highest BCUT2D eigenvalue weighted by atomic mass is 16.1. The fraction of sp³-hybridized carbons (Fsp3) is 0.923. The Morgan fingerprint density at radius 1 is 1.41 bits per heavy atom. The minimum Gasteiger partial charge on any atom is -0.355 e. The van der Waals surface area contributed by atoms with Crippen LogP contribution >= 0.6 is 0 Å². The number of carbonyl (C=O) groups excluding carboxylic acids is 1. The first-order chi connectivity index (χ1) is 8.15. The lowest BCUT2D eigenvalue weighted by Crippen LogP contribution is -2.40. The molecule has 1 rings (SSSR count). The van der Waals surface area contributed by atoms with Crippen LogP contribution in [0.2, 0.25) is 0 Å². The number of hydrogen-bond acceptors (Lipinski definition) is 3. The minimum absolute atomic E-state index is 0.0526. The molecular weight excluding hydrogens is 214 g/mol. The lowest BCUT2D eigenvalue weighted by Gasteiger charge is -2.24. The fourth-order valence-electron chi connectivity index (χ4n) is 2.46. The molecule has 1 unspecified atom stereocenters. The highest BCUT2D eigenvalue weighted by Crippen LogP contribution is 2.21. The largest absolute Gasteiger partial charge is 0.355 e. The van der Waals surface area contributed by atoms with Crippen LogP contribution in [0.25, 0.3) is 0 Å². The van der Waals surface area contributed by atoms with Crippen molar-refractivity contribution in [1.29, 1.82) is 0 Å².